The Kier molecular flexibility index (Phi) is 5.98. The standard InChI is InChI=1S/C12H19N3.C2H6/c1-11-4-5-12(13-10-11)15-7-3-6-14(2)8-9-15;1-2/h4-5,10H,3,6-9H2,1-2H3;1-2H3. The molecule has 0 saturated carbocycles. The molecule has 17 heavy (non-hydrogen) atoms. The number of rotatable bonds is 1. The first-order chi connectivity index (χ1) is 8.25. The molecule has 1 aromatic rings. The first-order valence-corrected chi connectivity index (χ1v) is 6.62. The molecule has 0 unspecified atom stereocenters. The zero-order valence-electron chi connectivity index (χ0n) is 11.6. The minimum Gasteiger partial charge on any atom is -0.355 e. The molecule has 0 radical (unpaired) electrons. The van der Waals surface area contributed by atoms with Crippen molar-refractivity contribution < 1.29 is 0 Å². The van der Waals surface area contributed by atoms with Gasteiger partial charge in [-0.3, -0.25) is 0 Å². The quantitative estimate of drug-likeness (QED) is 0.746. The van der Waals surface area contributed by atoms with Gasteiger partial charge in [0.15, 0.2) is 0 Å². The summed E-state index contributed by atoms with van der Waals surface area (Å²) in [5, 5.41) is 0. The number of hydrogen-bond donors (Lipinski definition) is 0. The van der Waals surface area contributed by atoms with Crippen LogP contribution in [-0.4, -0.2) is 43.1 Å². The van der Waals surface area contributed by atoms with Gasteiger partial charge in [-0.2, -0.15) is 0 Å². The fourth-order valence-corrected chi connectivity index (χ4v) is 1.92. The van der Waals surface area contributed by atoms with E-state index in [4.69, 9.17) is 0 Å². The molecule has 1 fully saturated rings. The second kappa shape index (κ2) is 7.28. The molecule has 0 bridgehead atoms. The lowest BCUT2D eigenvalue weighted by Crippen LogP contribution is -2.29. The van der Waals surface area contributed by atoms with Gasteiger partial charge in [0, 0.05) is 25.8 Å². The summed E-state index contributed by atoms with van der Waals surface area (Å²) in [4.78, 5) is 9.24. The molecule has 2 rings (SSSR count). The first kappa shape index (κ1) is 14.0. The molecule has 0 aliphatic carbocycles. The molecule has 0 amide bonds. The van der Waals surface area contributed by atoms with Crippen molar-refractivity contribution >= 4 is 5.82 Å². The number of anilines is 1. The summed E-state index contributed by atoms with van der Waals surface area (Å²) in [6.07, 6.45) is 3.18. The summed E-state index contributed by atoms with van der Waals surface area (Å²) in [6, 6.07) is 4.26. The second-order valence-electron chi connectivity index (χ2n) is 4.34. The van der Waals surface area contributed by atoms with Gasteiger partial charge >= 0.3 is 0 Å². The van der Waals surface area contributed by atoms with Gasteiger partial charge in [-0.1, -0.05) is 19.9 Å². The monoisotopic (exact) mass is 235 g/mol. The Balaban J connectivity index is 0.000000686. The number of hydrogen-bond acceptors (Lipinski definition) is 3. The summed E-state index contributed by atoms with van der Waals surface area (Å²) < 4.78 is 0. The van der Waals surface area contributed by atoms with Crippen molar-refractivity contribution in [3.63, 3.8) is 0 Å². The van der Waals surface area contributed by atoms with E-state index in [0.29, 0.717) is 0 Å². The summed E-state index contributed by atoms with van der Waals surface area (Å²) in [6.45, 7) is 10.6. The van der Waals surface area contributed by atoms with Gasteiger partial charge in [-0.15, -0.1) is 0 Å². The molecule has 1 aliphatic rings. The molecule has 3 nitrogen and oxygen atoms in total. The van der Waals surface area contributed by atoms with Crippen LogP contribution in [0.1, 0.15) is 25.8 Å². The maximum absolute atomic E-state index is 4.48. The molecule has 3 heteroatoms. The fraction of sp³-hybridized carbons (Fsp3) is 0.643. The largest absolute Gasteiger partial charge is 0.355 e. The Morgan fingerprint density at radius 1 is 1.06 bits per heavy atom. The maximum Gasteiger partial charge on any atom is 0.128 e. The average molecular weight is 235 g/mol. The van der Waals surface area contributed by atoms with E-state index in [9.17, 15) is 0 Å². The highest BCUT2D eigenvalue weighted by atomic mass is 15.2. The zero-order valence-corrected chi connectivity index (χ0v) is 11.6. The van der Waals surface area contributed by atoms with E-state index in [1.165, 1.54) is 18.5 Å². The number of nitrogens with zero attached hydrogens (tertiary/aromatic N) is 3. The minimum absolute atomic E-state index is 1.09. The molecular formula is C14H25N3. The zero-order chi connectivity index (χ0) is 12.7. The Morgan fingerprint density at radius 2 is 1.82 bits per heavy atom. The Bertz CT molecular complexity index is 308. The van der Waals surface area contributed by atoms with Gasteiger partial charge in [0.05, 0.1) is 0 Å². The second-order valence-corrected chi connectivity index (χ2v) is 4.34. The van der Waals surface area contributed by atoms with Crippen LogP contribution in [0, 0.1) is 6.92 Å². The Hall–Kier alpha value is -1.09. The lowest BCUT2D eigenvalue weighted by atomic mass is 10.3. The number of likely N-dealkylation sites (N-methyl/N-ethyl adjacent to an activating group) is 1. The van der Waals surface area contributed by atoms with Gasteiger partial charge in [-0.05, 0) is 38.6 Å². The smallest absolute Gasteiger partial charge is 0.128 e. The lowest BCUT2D eigenvalue weighted by Gasteiger charge is -2.21. The predicted octanol–water partition coefficient (Wildman–Crippen LogP) is 2.56. The van der Waals surface area contributed by atoms with Crippen LogP contribution in [0.4, 0.5) is 5.82 Å². The highest BCUT2D eigenvalue weighted by Crippen LogP contribution is 2.13. The summed E-state index contributed by atoms with van der Waals surface area (Å²) in [5.74, 6) is 1.12. The van der Waals surface area contributed by atoms with Crippen LogP contribution in [-0.2, 0) is 0 Å². The van der Waals surface area contributed by atoms with Crippen LogP contribution < -0.4 is 4.90 Å². The molecule has 1 saturated heterocycles. The normalized spacial score (nSPS) is 17.1. The van der Waals surface area contributed by atoms with Crippen LogP contribution in [0.5, 0.6) is 0 Å². The first-order valence-electron chi connectivity index (χ1n) is 6.62. The van der Waals surface area contributed by atoms with Crippen LogP contribution in [0.15, 0.2) is 18.3 Å². The topological polar surface area (TPSA) is 19.4 Å². The Labute approximate surface area is 105 Å². The summed E-state index contributed by atoms with van der Waals surface area (Å²) in [5.41, 5.74) is 1.23. The van der Waals surface area contributed by atoms with Crippen molar-refractivity contribution in [2.45, 2.75) is 27.2 Å². The van der Waals surface area contributed by atoms with Gasteiger partial charge in [0.1, 0.15) is 5.82 Å². The van der Waals surface area contributed by atoms with Crippen molar-refractivity contribution in [1.29, 1.82) is 0 Å². The van der Waals surface area contributed by atoms with E-state index in [-0.39, 0.29) is 0 Å². The van der Waals surface area contributed by atoms with Crippen LogP contribution in [0.2, 0.25) is 0 Å². The predicted molar refractivity (Wildman–Crippen MR) is 74.6 cm³/mol. The molecule has 0 atom stereocenters. The molecule has 1 aliphatic heterocycles. The molecule has 0 aromatic carbocycles. The van der Waals surface area contributed by atoms with Crippen molar-refractivity contribution in [2.75, 3.05) is 38.1 Å². The third kappa shape index (κ3) is 4.35. The highest BCUT2D eigenvalue weighted by molar-refractivity contribution is 5.39. The SMILES string of the molecule is CC.Cc1ccc(N2CCCN(C)CC2)nc1. The van der Waals surface area contributed by atoms with Crippen molar-refractivity contribution in [3.05, 3.63) is 23.9 Å². The molecule has 96 valence electrons. The Morgan fingerprint density at radius 3 is 2.47 bits per heavy atom. The third-order valence-corrected chi connectivity index (χ3v) is 2.94. The van der Waals surface area contributed by atoms with E-state index in [0.717, 1.165) is 25.5 Å². The van der Waals surface area contributed by atoms with Gasteiger partial charge in [-0.25, -0.2) is 4.98 Å². The fourth-order valence-electron chi connectivity index (χ4n) is 1.92. The van der Waals surface area contributed by atoms with Crippen molar-refractivity contribution in [2.24, 2.45) is 0 Å². The van der Waals surface area contributed by atoms with Gasteiger partial charge in [0.25, 0.3) is 0 Å². The van der Waals surface area contributed by atoms with Crippen LogP contribution in [0.25, 0.3) is 0 Å². The third-order valence-electron chi connectivity index (χ3n) is 2.94. The van der Waals surface area contributed by atoms with E-state index >= 15 is 0 Å². The molecule has 2 heterocycles. The van der Waals surface area contributed by atoms with Gasteiger partial charge in [0.2, 0.25) is 0 Å². The van der Waals surface area contributed by atoms with Gasteiger partial charge < -0.3 is 9.80 Å². The van der Waals surface area contributed by atoms with E-state index in [2.05, 4.69) is 40.9 Å². The molecular weight excluding hydrogens is 210 g/mol. The van der Waals surface area contributed by atoms with Crippen molar-refractivity contribution in [1.82, 2.24) is 9.88 Å². The van der Waals surface area contributed by atoms with Crippen LogP contribution in [0.3, 0.4) is 0 Å². The summed E-state index contributed by atoms with van der Waals surface area (Å²) in [7, 11) is 2.19. The highest BCUT2D eigenvalue weighted by Gasteiger charge is 2.12. The number of aromatic nitrogens is 1. The maximum atomic E-state index is 4.48. The van der Waals surface area contributed by atoms with E-state index in [1.807, 2.05) is 20.0 Å². The van der Waals surface area contributed by atoms with Crippen LogP contribution >= 0.6 is 0 Å². The van der Waals surface area contributed by atoms with E-state index < -0.39 is 0 Å². The molecule has 0 spiro atoms. The molecule has 1 aromatic heterocycles. The average Bonchev–Trinajstić information content (AvgIpc) is 2.58. The van der Waals surface area contributed by atoms with Crippen molar-refractivity contribution in [3.8, 4) is 0 Å². The van der Waals surface area contributed by atoms with E-state index in [1.54, 1.807) is 0 Å². The lowest BCUT2D eigenvalue weighted by molar-refractivity contribution is 0.360. The summed E-state index contributed by atoms with van der Waals surface area (Å²) >= 11 is 0. The number of pyridine rings is 1. The molecule has 0 N–H and O–H groups in total. The number of aryl methyl sites for hydroxylation is 1. The minimum atomic E-state index is 1.09.